The number of halogens is 1. The first kappa shape index (κ1) is 16.4. The van der Waals surface area contributed by atoms with Crippen LogP contribution in [-0.2, 0) is 6.54 Å². The van der Waals surface area contributed by atoms with Crippen molar-refractivity contribution >= 4 is 34.8 Å². The van der Waals surface area contributed by atoms with Crippen LogP contribution in [-0.4, -0.2) is 22.9 Å². The van der Waals surface area contributed by atoms with Gasteiger partial charge in [-0.25, -0.2) is 9.97 Å². The highest BCUT2D eigenvalue weighted by atomic mass is 35.5. The summed E-state index contributed by atoms with van der Waals surface area (Å²) in [6.45, 7) is 0.392. The minimum Gasteiger partial charge on any atom is -0.357 e. The maximum Gasteiger partial charge on any atom is 0.261 e. The molecule has 7 heteroatoms. The van der Waals surface area contributed by atoms with E-state index in [2.05, 4.69) is 20.6 Å². The molecule has 0 aliphatic carbocycles. The molecule has 1 aromatic carbocycles. The van der Waals surface area contributed by atoms with Crippen LogP contribution in [0.5, 0.6) is 0 Å². The number of nitrogens with zero attached hydrogens (tertiary/aromatic N) is 2. The third-order valence-electron chi connectivity index (χ3n) is 3.36. The number of rotatable bonds is 5. The molecule has 3 aromatic rings. The van der Waals surface area contributed by atoms with Gasteiger partial charge >= 0.3 is 0 Å². The quantitative estimate of drug-likeness (QED) is 0.727. The zero-order chi connectivity index (χ0) is 16.9. The number of carbonyl (C=O) groups excluding carboxylic acids is 1. The molecule has 2 heterocycles. The molecule has 0 atom stereocenters. The van der Waals surface area contributed by atoms with E-state index in [4.69, 9.17) is 11.6 Å². The maximum atomic E-state index is 12.3. The van der Waals surface area contributed by atoms with E-state index in [9.17, 15) is 4.79 Å². The fourth-order valence-electron chi connectivity index (χ4n) is 2.12. The van der Waals surface area contributed by atoms with Crippen molar-refractivity contribution in [2.45, 2.75) is 6.54 Å². The number of hydrogen-bond acceptors (Lipinski definition) is 5. The Balaban J connectivity index is 1.70. The maximum absolute atomic E-state index is 12.3. The Kier molecular flexibility index (Phi) is 5.08. The van der Waals surface area contributed by atoms with Crippen LogP contribution in [0.4, 0.5) is 5.95 Å². The van der Waals surface area contributed by atoms with Gasteiger partial charge in [0.15, 0.2) is 0 Å². The first-order chi connectivity index (χ1) is 11.7. The average molecular weight is 359 g/mol. The summed E-state index contributed by atoms with van der Waals surface area (Å²) < 4.78 is 0. The molecular formula is C17H15ClN4OS. The smallest absolute Gasteiger partial charge is 0.261 e. The van der Waals surface area contributed by atoms with E-state index in [1.807, 2.05) is 30.3 Å². The molecule has 3 rings (SSSR count). The highest BCUT2D eigenvalue weighted by molar-refractivity contribution is 7.17. The third kappa shape index (κ3) is 3.72. The first-order valence-electron chi connectivity index (χ1n) is 7.30. The Morgan fingerprint density at radius 3 is 2.83 bits per heavy atom. The fourth-order valence-corrected chi connectivity index (χ4v) is 3.21. The van der Waals surface area contributed by atoms with E-state index in [1.165, 1.54) is 11.3 Å². The molecule has 1 amide bonds. The molecule has 0 aliphatic rings. The van der Waals surface area contributed by atoms with Gasteiger partial charge in [-0.1, -0.05) is 29.8 Å². The van der Waals surface area contributed by atoms with Gasteiger partial charge in [-0.2, -0.15) is 0 Å². The normalized spacial score (nSPS) is 10.4. The summed E-state index contributed by atoms with van der Waals surface area (Å²) >= 11 is 7.49. The third-order valence-corrected chi connectivity index (χ3v) is 4.83. The van der Waals surface area contributed by atoms with Crippen molar-refractivity contribution in [1.29, 1.82) is 0 Å². The molecule has 24 heavy (non-hydrogen) atoms. The molecule has 0 spiro atoms. The van der Waals surface area contributed by atoms with Crippen LogP contribution in [0.3, 0.4) is 0 Å². The molecule has 0 saturated carbocycles. The molecule has 0 radical (unpaired) electrons. The zero-order valence-corrected chi connectivity index (χ0v) is 14.5. The lowest BCUT2D eigenvalue weighted by molar-refractivity contribution is 0.0955. The molecule has 2 aromatic heterocycles. The molecule has 5 nitrogen and oxygen atoms in total. The second kappa shape index (κ2) is 7.42. The number of hydrogen-bond donors (Lipinski definition) is 2. The standard InChI is InChI=1S/C17H15ClN4OS/c1-19-17-20-9-8-13(22-17)14-6-7-15(24-14)16(23)21-10-11-4-2-3-5-12(11)18/h2-9H,10H2,1H3,(H,21,23)(H,19,20,22). The minimum atomic E-state index is -0.130. The van der Waals surface area contributed by atoms with E-state index in [0.29, 0.717) is 22.4 Å². The van der Waals surface area contributed by atoms with Crippen molar-refractivity contribution in [3.05, 3.63) is 64.1 Å². The Bertz CT molecular complexity index is 865. The molecule has 2 N–H and O–H groups in total. The van der Waals surface area contributed by atoms with Crippen molar-refractivity contribution < 1.29 is 4.79 Å². The molecule has 122 valence electrons. The van der Waals surface area contributed by atoms with Crippen molar-refractivity contribution in [3.8, 4) is 10.6 Å². The molecule has 0 unspecified atom stereocenters. The van der Waals surface area contributed by atoms with Crippen LogP contribution in [0.25, 0.3) is 10.6 Å². The number of benzene rings is 1. The predicted octanol–water partition coefficient (Wildman–Crippen LogP) is 3.83. The van der Waals surface area contributed by atoms with Gasteiger partial charge in [0.25, 0.3) is 5.91 Å². The fraction of sp³-hybridized carbons (Fsp3) is 0.118. The summed E-state index contributed by atoms with van der Waals surface area (Å²) in [5.41, 5.74) is 1.67. The highest BCUT2D eigenvalue weighted by Crippen LogP contribution is 2.27. The second-order valence-corrected chi connectivity index (χ2v) is 6.44. The molecule has 0 bridgehead atoms. The van der Waals surface area contributed by atoms with Gasteiger partial charge in [0.1, 0.15) is 0 Å². The van der Waals surface area contributed by atoms with Crippen molar-refractivity contribution in [2.75, 3.05) is 12.4 Å². The Morgan fingerprint density at radius 2 is 2.04 bits per heavy atom. The Morgan fingerprint density at radius 1 is 1.21 bits per heavy atom. The molecular weight excluding hydrogens is 344 g/mol. The SMILES string of the molecule is CNc1nccc(-c2ccc(C(=O)NCc3ccccc3Cl)s2)n1. The van der Waals surface area contributed by atoms with E-state index >= 15 is 0 Å². The monoisotopic (exact) mass is 358 g/mol. The van der Waals surface area contributed by atoms with Gasteiger partial charge in [0.2, 0.25) is 5.95 Å². The summed E-state index contributed by atoms with van der Waals surface area (Å²) in [6, 6.07) is 13.0. The Hall–Kier alpha value is -2.44. The van der Waals surface area contributed by atoms with Crippen molar-refractivity contribution in [2.24, 2.45) is 0 Å². The van der Waals surface area contributed by atoms with E-state index in [-0.39, 0.29) is 5.91 Å². The van der Waals surface area contributed by atoms with Gasteiger partial charge in [-0.05, 0) is 29.8 Å². The summed E-state index contributed by atoms with van der Waals surface area (Å²) in [5.74, 6) is 0.416. The molecule has 0 saturated heterocycles. The Labute approximate surface area is 148 Å². The topological polar surface area (TPSA) is 66.9 Å². The molecule has 0 fully saturated rings. The summed E-state index contributed by atoms with van der Waals surface area (Å²) in [4.78, 5) is 22.3. The van der Waals surface area contributed by atoms with Crippen molar-refractivity contribution in [3.63, 3.8) is 0 Å². The van der Waals surface area contributed by atoms with Crippen LogP contribution in [0.2, 0.25) is 5.02 Å². The number of carbonyl (C=O) groups is 1. The van der Waals surface area contributed by atoms with Crippen LogP contribution >= 0.6 is 22.9 Å². The summed E-state index contributed by atoms with van der Waals surface area (Å²) in [5, 5.41) is 6.43. The van der Waals surface area contributed by atoms with E-state index in [0.717, 1.165) is 16.1 Å². The van der Waals surface area contributed by atoms with E-state index in [1.54, 1.807) is 25.4 Å². The summed E-state index contributed by atoms with van der Waals surface area (Å²) in [7, 11) is 1.77. The van der Waals surface area contributed by atoms with Gasteiger partial charge in [-0.3, -0.25) is 4.79 Å². The van der Waals surface area contributed by atoms with Gasteiger partial charge in [-0.15, -0.1) is 11.3 Å². The minimum absolute atomic E-state index is 0.130. The van der Waals surface area contributed by atoms with Crippen molar-refractivity contribution in [1.82, 2.24) is 15.3 Å². The van der Waals surface area contributed by atoms with E-state index < -0.39 is 0 Å². The lowest BCUT2D eigenvalue weighted by Gasteiger charge is -2.05. The number of nitrogens with one attached hydrogen (secondary N) is 2. The van der Waals surface area contributed by atoms with Gasteiger partial charge < -0.3 is 10.6 Å². The average Bonchev–Trinajstić information content (AvgIpc) is 3.11. The zero-order valence-electron chi connectivity index (χ0n) is 12.9. The molecule has 0 aliphatic heterocycles. The number of amides is 1. The lowest BCUT2D eigenvalue weighted by Crippen LogP contribution is -2.21. The first-order valence-corrected chi connectivity index (χ1v) is 8.49. The largest absolute Gasteiger partial charge is 0.357 e. The highest BCUT2D eigenvalue weighted by Gasteiger charge is 2.12. The van der Waals surface area contributed by atoms with Crippen LogP contribution in [0.1, 0.15) is 15.2 Å². The van der Waals surface area contributed by atoms with Gasteiger partial charge in [0, 0.05) is 24.8 Å². The lowest BCUT2D eigenvalue weighted by atomic mass is 10.2. The van der Waals surface area contributed by atoms with Crippen LogP contribution < -0.4 is 10.6 Å². The number of thiophene rings is 1. The predicted molar refractivity (Wildman–Crippen MR) is 97.5 cm³/mol. The second-order valence-electron chi connectivity index (χ2n) is 4.95. The number of aromatic nitrogens is 2. The summed E-state index contributed by atoms with van der Waals surface area (Å²) in [6.07, 6.45) is 1.69. The number of anilines is 1. The van der Waals surface area contributed by atoms with Crippen LogP contribution in [0.15, 0.2) is 48.7 Å². The van der Waals surface area contributed by atoms with Gasteiger partial charge in [0.05, 0.1) is 15.4 Å². The van der Waals surface area contributed by atoms with Crippen LogP contribution in [0, 0.1) is 0 Å².